The smallest absolute Gasteiger partial charge is 0.413 e. The maximum absolute atomic E-state index is 11.8. The minimum absolute atomic E-state index is 0.247. The van der Waals surface area contributed by atoms with E-state index in [1.165, 1.54) is 0 Å². The molecule has 6 nitrogen and oxygen atoms in total. The molecule has 1 aliphatic rings. The molecule has 0 fully saturated rings. The van der Waals surface area contributed by atoms with Gasteiger partial charge in [-0.2, -0.15) is 0 Å². The highest BCUT2D eigenvalue weighted by atomic mass is 16.6. The van der Waals surface area contributed by atoms with Crippen LogP contribution in [0.5, 0.6) is 0 Å². The van der Waals surface area contributed by atoms with Crippen LogP contribution in [0.1, 0.15) is 33.3 Å². The molecule has 0 bridgehead atoms. The Bertz CT molecular complexity index is 593. The maximum Gasteiger partial charge on any atom is 0.413 e. The SMILES string of the molecule is CC(C)(C)OC(=O)NC1=N[C@@](C)(c2cccc(N)c2)COC1. The molecule has 0 spiro atoms. The second kappa shape index (κ2) is 5.96. The van der Waals surface area contributed by atoms with Crippen LogP contribution in [0, 0.1) is 0 Å². The first-order valence-electron chi connectivity index (χ1n) is 7.20. The van der Waals surface area contributed by atoms with Crippen LogP contribution < -0.4 is 11.1 Å². The van der Waals surface area contributed by atoms with Crippen LogP contribution in [0.25, 0.3) is 0 Å². The summed E-state index contributed by atoms with van der Waals surface area (Å²) < 4.78 is 10.8. The topological polar surface area (TPSA) is 85.9 Å². The van der Waals surface area contributed by atoms with Gasteiger partial charge in [0.1, 0.15) is 23.6 Å². The number of amidine groups is 1. The lowest BCUT2D eigenvalue weighted by atomic mass is 9.92. The lowest BCUT2D eigenvalue weighted by molar-refractivity contribution is 0.0543. The number of anilines is 1. The van der Waals surface area contributed by atoms with Gasteiger partial charge in [-0.1, -0.05) is 12.1 Å². The van der Waals surface area contributed by atoms with Crippen LogP contribution in [-0.2, 0) is 15.0 Å². The largest absolute Gasteiger partial charge is 0.444 e. The van der Waals surface area contributed by atoms with Crippen molar-refractivity contribution in [3.63, 3.8) is 0 Å². The molecule has 0 aliphatic carbocycles. The van der Waals surface area contributed by atoms with Crippen LogP contribution >= 0.6 is 0 Å². The summed E-state index contributed by atoms with van der Waals surface area (Å²) in [6.45, 7) is 8.04. The Hall–Kier alpha value is -2.08. The normalized spacial score (nSPS) is 21.9. The Kier molecular flexibility index (Phi) is 4.42. The lowest BCUT2D eigenvalue weighted by Gasteiger charge is -2.31. The second-order valence-corrected chi connectivity index (χ2v) is 6.58. The van der Waals surface area contributed by atoms with E-state index in [1.807, 2.05) is 52.0 Å². The van der Waals surface area contributed by atoms with Crippen molar-refractivity contribution in [2.45, 2.75) is 38.8 Å². The molecule has 6 heteroatoms. The molecule has 1 aliphatic heterocycles. The van der Waals surface area contributed by atoms with E-state index in [4.69, 9.17) is 15.2 Å². The molecule has 22 heavy (non-hydrogen) atoms. The number of hydrogen-bond acceptors (Lipinski definition) is 5. The summed E-state index contributed by atoms with van der Waals surface area (Å²) >= 11 is 0. The summed E-state index contributed by atoms with van der Waals surface area (Å²) in [5.41, 5.74) is 6.29. The zero-order valence-electron chi connectivity index (χ0n) is 13.5. The van der Waals surface area contributed by atoms with Gasteiger partial charge in [0.15, 0.2) is 0 Å². The van der Waals surface area contributed by atoms with Gasteiger partial charge < -0.3 is 15.2 Å². The second-order valence-electron chi connectivity index (χ2n) is 6.58. The summed E-state index contributed by atoms with van der Waals surface area (Å²) in [6, 6.07) is 7.50. The first kappa shape index (κ1) is 16.3. The standard InChI is InChI=1S/C16H23N3O3/c1-15(2,3)22-14(20)18-13-9-21-10-16(4,19-13)11-6-5-7-12(17)8-11/h5-8H,9-10,17H2,1-4H3,(H,18,19,20)/t16-/m1/s1. The van der Waals surface area contributed by atoms with Gasteiger partial charge in [0.25, 0.3) is 0 Å². The van der Waals surface area contributed by atoms with Crippen molar-refractivity contribution in [3.05, 3.63) is 29.8 Å². The van der Waals surface area contributed by atoms with Gasteiger partial charge in [-0.05, 0) is 45.4 Å². The molecule has 2 rings (SSSR count). The van der Waals surface area contributed by atoms with Crippen LogP contribution in [0.2, 0.25) is 0 Å². The number of alkyl carbamates (subject to hydrolysis) is 1. The molecule has 1 heterocycles. The molecular weight excluding hydrogens is 282 g/mol. The number of nitrogens with two attached hydrogens (primary N) is 1. The monoisotopic (exact) mass is 305 g/mol. The number of nitrogen functional groups attached to an aromatic ring is 1. The van der Waals surface area contributed by atoms with Gasteiger partial charge in [-0.15, -0.1) is 0 Å². The molecule has 0 saturated carbocycles. The summed E-state index contributed by atoms with van der Waals surface area (Å²) in [5, 5.41) is 2.65. The van der Waals surface area contributed by atoms with Gasteiger partial charge in [-0.3, -0.25) is 10.3 Å². The van der Waals surface area contributed by atoms with E-state index in [0.29, 0.717) is 18.1 Å². The van der Waals surface area contributed by atoms with Gasteiger partial charge in [0.05, 0.1) is 6.61 Å². The highest BCUT2D eigenvalue weighted by Crippen LogP contribution is 2.29. The third kappa shape index (κ3) is 4.21. The first-order valence-corrected chi connectivity index (χ1v) is 7.20. The third-order valence-electron chi connectivity index (χ3n) is 3.16. The fourth-order valence-electron chi connectivity index (χ4n) is 2.22. The van der Waals surface area contributed by atoms with E-state index in [9.17, 15) is 4.79 Å². The van der Waals surface area contributed by atoms with Crippen molar-refractivity contribution in [2.24, 2.45) is 4.99 Å². The number of nitrogens with one attached hydrogen (secondary N) is 1. The molecule has 1 atom stereocenters. The zero-order valence-corrected chi connectivity index (χ0v) is 13.5. The average molecular weight is 305 g/mol. The average Bonchev–Trinajstić information content (AvgIpc) is 2.36. The predicted octanol–water partition coefficient (Wildman–Crippen LogP) is 2.44. The number of carbonyl (C=O) groups is 1. The highest BCUT2D eigenvalue weighted by Gasteiger charge is 2.31. The van der Waals surface area contributed by atoms with E-state index in [1.54, 1.807) is 0 Å². The van der Waals surface area contributed by atoms with Gasteiger partial charge in [0, 0.05) is 5.69 Å². The van der Waals surface area contributed by atoms with Crippen molar-refractivity contribution in [1.29, 1.82) is 0 Å². The van der Waals surface area contributed by atoms with Crippen LogP contribution in [0.3, 0.4) is 0 Å². The zero-order chi connectivity index (χ0) is 16.4. The van der Waals surface area contributed by atoms with Crippen molar-refractivity contribution >= 4 is 17.6 Å². The molecule has 0 saturated heterocycles. The van der Waals surface area contributed by atoms with Crippen LogP contribution in [-0.4, -0.2) is 30.7 Å². The molecule has 0 aromatic heterocycles. The van der Waals surface area contributed by atoms with E-state index in [0.717, 1.165) is 5.56 Å². The van der Waals surface area contributed by atoms with Crippen LogP contribution in [0.15, 0.2) is 29.3 Å². The molecule has 1 aromatic carbocycles. The van der Waals surface area contributed by atoms with E-state index < -0.39 is 17.2 Å². The van der Waals surface area contributed by atoms with Crippen molar-refractivity contribution in [2.75, 3.05) is 18.9 Å². The Labute approximate surface area is 130 Å². The van der Waals surface area contributed by atoms with E-state index in [2.05, 4.69) is 10.3 Å². The molecule has 1 amide bonds. The van der Waals surface area contributed by atoms with Crippen molar-refractivity contribution in [3.8, 4) is 0 Å². The summed E-state index contributed by atoms with van der Waals surface area (Å²) in [4.78, 5) is 16.5. The van der Waals surface area contributed by atoms with Crippen molar-refractivity contribution < 1.29 is 14.3 Å². The molecule has 3 N–H and O–H groups in total. The number of aliphatic imine (C=N–C) groups is 1. The quantitative estimate of drug-likeness (QED) is 0.780. The molecule has 0 radical (unpaired) electrons. The first-order chi connectivity index (χ1) is 10.2. The number of carbonyl (C=O) groups excluding carboxylic acids is 1. The Morgan fingerprint density at radius 1 is 1.45 bits per heavy atom. The maximum atomic E-state index is 11.8. The summed E-state index contributed by atoms with van der Waals surface area (Å²) in [6.07, 6.45) is -0.535. The fourth-order valence-corrected chi connectivity index (χ4v) is 2.22. The van der Waals surface area contributed by atoms with E-state index in [-0.39, 0.29) is 6.61 Å². The lowest BCUT2D eigenvalue weighted by Crippen LogP contribution is -2.44. The molecule has 1 aromatic rings. The number of rotatable bonds is 1. The van der Waals surface area contributed by atoms with Gasteiger partial charge in [0.2, 0.25) is 0 Å². The van der Waals surface area contributed by atoms with Crippen LogP contribution in [0.4, 0.5) is 10.5 Å². The number of benzene rings is 1. The van der Waals surface area contributed by atoms with Gasteiger partial charge in [-0.25, -0.2) is 4.79 Å². The minimum Gasteiger partial charge on any atom is -0.444 e. The Morgan fingerprint density at radius 3 is 2.82 bits per heavy atom. The minimum atomic E-state index is -0.585. The van der Waals surface area contributed by atoms with Crippen molar-refractivity contribution in [1.82, 2.24) is 5.32 Å². The number of amides is 1. The molecule has 0 unspecified atom stereocenters. The summed E-state index contributed by atoms with van der Waals surface area (Å²) in [5.74, 6) is 0.449. The van der Waals surface area contributed by atoms with E-state index >= 15 is 0 Å². The fraction of sp³-hybridized carbons (Fsp3) is 0.500. The number of hydrogen-bond donors (Lipinski definition) is 2. The Balaban J connectivity index is 2.16. The van der Waals surface area contributed by atoms with Gasteiger partial charge >= 0.3 is 6.09 Å². The predicted molar refractivity (Wildman–Crippen MR) is 85.8 cm³/mol. The third-order valence-corrected chi connectivity index (χ3v) is 3.16. The highest BCUT2D eigenvalue weighted by molar-refractivity contribution is 5.96. The molecular formula is C16H23N3O3. The number of ether oxygens (including phenoxy) is 2. The summed E-state index contributed by atoms with van der Waals surface area (Å²) in [7, 11) is 0. The molecule has 120 valence electrons. The Morgan fingerprint density at radius 2 is 2.18 bits per heavy atom. The number of nitrogens with zero attached hydrogens (tertiary/aromatic N) is 1.